The Morgan fingerprint density at radius 3 is 2.56 bits per heavy atom. The van der Waals surface area contributed by atoms with Crippen LogP contribution < -0.4 is 9.47 Å². The number of rotatable bonds is 7. The SMILES string of the molecule is CCOCCCc1cccc(OC)c1OC. The van der Waals surface area contributed by atoms with Crippen molar-refractivity contribution in [1.29, 1.82) is 0 Å². The van der Waals surface area contributed by atoms with Crippen LogP contribution in [0.25, 0.3) is 0 Å². The molecule has 0 amide bonds. The van der Waals surface area contributed by atoms with E-state index in [0.717, 1.165) is 37.6 Å². The van der Waals surface area contributed by atoms with Crippen LogP contribution in [0.3, 0.4) is 0 Å². The van der Waals surface area contributed by atoms with E-state index in [1.807, 2.05) is 19.1 Å². The molecule has 0 radical (unpaired) electrons. The van der Waals surface area contributed by atoms with Gasteiger partial charge in [-0.1, -0.05) is 12.1 Å². The van der Waals surface area contributed by atoms with Crippen molar-refractivity contribution in [2.24, 2.45) is 0 Å². The number of benzene rings is 1. The first-order valence-corrected chi connectivity index (χ1v) is 5.61. The molecule has 90 valence electrons. The molecule has 0 aliphatic heterocycles. The normalized spacial score (nSPS) is 10.2. The lowest BCUT2D eigenvalue weighted by atomic mass is 10.1. The van der Waals surface area contributed by atoms with E-state index >= 15 is 0 Å². The molecule has 0 atom stereocenters. The van der Waals surface area contributed by atoms with Crippen LogP contribution in [-0.2, 0) is 11.2 Å². The molecule has 0 heterocycles. The average molecular weight is 224 g/mol. The van der Waals surface area contributed by atoms with Crippen LogP contribution in [0.1, 0.15) is 18.9 Å². The van der Waals surface area contributed by atoms with Crippen LogP contribution in [0.15, 0.2) is 18.2 Å². The predicted molar refractivity (Wildman–Crippen MR) is 64.4 cm³/mol. The molecule has 0 bridgehead atoms. The Kier molecular flexibility index (Phi) is 5.72. The lowest BCUT2D eigenvalue weighted by molar-refractivity contribution is 0.145. The van der Waals surface area contributed by atoms with E-state index in [2.05, 4.69) is 6.07 Å². The molecule has 0 saturated heterocycles. The summed E-state index contributed by atoms with van der Waals surface area (Å²) in [6.45, 7) is 3.57. The molecule has 0 unspecified atom stereocenters. The summed E-state index contributed by atoms with van der Waals surface area (Å²) >= 11 is 0. The van der Waals surface area contributed by atoms with E-state index < -0.39 is 0 Å². The van der Waals surface area contributed by atoms with Gasteiger partial charge in [-0.2, -0.15) is 0 Å². The van der Waals surface area contributed by atoms with Gasteiger partial charge in [0.25, 0.3) is 0 Å². The van der Waals surface area contributed by atoms with Crippen LogP contribution in [0, 0.1) is 0 Å². The van der Waals surface area contributed by atoms with Gasteiger partial charge in [0.2, 0.25) is 0 Å². The molecule has 3 heteroatoms. The third-order valence-electron chi connectivity index (χ3n) is 2.42. The maximum absolute atomic E-state index is 5.36. The Labute approximate surface area is 97.3 Å². The minimum atomic E-state index is 0.773. The molecule has 16 heavy (non-hydrogen) atoms. The van der Waals surface area contributed by atoms with E-state index in [9.17, 15) is 0 Å². The summed E-state index contributed by atoms with van der Waals surface area (Å²) < 4.78 is 15.9. The van der Waals surface area contributed by atoms with Crippen LogP contribution >= 0.6 is 0 Å². The molecule has 0 saturated carbocycles. The largest absolute Gasteiger partial charge is 0.493 e. The molecule has 0 fully saturated rings. The summed E-state index contributed by atoms with van der Waals surface area (Å²) in [5.41, 5.74) is 1.17. The molecule has 3 nitrogen and oxygen atoms in total. The standard InChI is InChI=1S/C13H20O3/c1-4-16-10-6-8-11-7-5-9-12(14-2)13(11)15-3/h5,7,9H,4,6,8,10H2,1-3H3. The Hall–Kier alpha value is -1.22. The number of methoxy groups -OCH3 is 2. The highest BCUT2D eigenvalue weighted by molar-refractivity contribution is 5.46. The van der Waals surface area contributed by atoms with Crippen molar-refractivity contribution in [3.8, 4) is 11.5 Å². The van der Waals surface area contributed by atoms with E-state index in [1.54, 1.807) is 14.2 Å². The fourth-order valence-corrected chi connectivity index (χ4v) is 1.66. The van der Waals surface area contributed by atoms with Gasteiger partial charge in [-0.05, 0) is 31.4 Å². The second-order valence-corrected chi connectivity index (χ2v) is 3.45. The van der Waals surface area contributed by atoms with Gasteiger partial charge in [-0.15, -0.1) is 0 Å². The lowest BCUT2D eigenvalue weighted by Crippen LogP contribution is -1.99. The highest BCUT2D eigenvalue weighted by Gasteiger charge is 2.08. The Morgan fingerprint density at radius 2 is 1.94 bits per heavy atom. The van der Waals surface area contributed by atoms with Gasteiger partial charge in [-0.25, -0.2) is 0 Å². The predicted octanol–water partition coefficient (Wildman–Crippen LogP) is 2.67. The van der Waals surface area contributed by atoms with Gasteiger partial charge < -0.3 is 14.2 Å². The first-order valence-electron chi connectivity index (χ1n) is 5.61. The van der Waals surface area contributed by atoms with Gasteiger partial charge in [0, 0.05) is 13.2 Å². The van der Waals surface area contributed by atoms with Crippen LogP contribution in [-0.4, -0.2) is 27.4 Å². The fraction of sp³-hybridized carbons (Fsp3) is 0.538. The van der Waals surface area contributed by atoms with Crippen molar-refractivity contribution in [2.45, 2.75) is 19.8 Å². The minimum absolute atomic E-state index is 0.773. The van der Waals surface area contributed by atoms with E-state index in [4.69, 9.17) is 14.2 Å². The first-order chi connectivity index (χ1) is 7.83. The summed E-state index contributed by atoms with van der Waals surface area (Å²) in [6, 6.07) is 5.95. The van der Waals surface area contributed by atoms with Crippen molar-refractivity contribution in [3.05, 3.63) is 23.8 Å². The van der Waals surface area contributed by atoms with Crippen molar-refractivity contribution in [2.75, 3.05) is 27.4 Å². The molecule has 0 aliphatic rings. The first kappa shape index (κ1) is 12.8. The second kappa shape index (κ2) is 7.12. The Bertz CT molecular complexity index is 310. The molecule has 1 rings (SSSR count). The minimum Gasteiger partial charge on any atom is -0.493 e. The summed E-state index contributed by atoms with van der Waals surface area (Å²) in [5, 5.41) is 0. The topological polar surface area (TPSA) is 27.7 Å². The molecule has 1 aromatic rings. The van der Waals surface area contributed by atoms with Crippen LogP contribution in [0.4, 0.5) is 0 Å². The summed E-state index contributed by atoms with van der Waals surface area (Å²) in [6.07, 6.45) is 1.94. The Morgan fingerprint density at radius 1 is 1.12 bits per heavy atom. The molecular weight excluding hydrogens is 204 g/mol. The quantitative estimate of drug-likeness (QED) is 0.666. The molecule has 0 spiro atoms. The van der Waals surface area contributed by atoms with Crippen LogP contribution in [0.5, 0.6) is 11.5 Å². The van der Waals surface area contributed by atoms with Crippen molar-refractivity contribution in [1.82, 2.24) is 0 Å². The summed E-state index contributed by atoms with van der Waals surface area (Å²) in [5.74, 6) is 1.62. The number of para-hydroxylation sites is 1. The van der Waals surface area contributed by atoms with Gasteiger partial charge in [0.15, 0.2) is 11.5 Å². The number of ether oxygens (including phenoxy) is 3. The van der Waals surface area contributed by atoms with Crippen LogP contribution in [0.2, 0.25) is 0 Å². The zero-order valence-electron chi connectivity index (χ0n) is 10.3. The van der Waals surface area contributed by atoms with Crippen molar-refractivity contribution < 1.29 is 14.2 Å². The molecule has 0 N–H and O–H groups in total. The summed E-state index contributed by atoms with van der Waals surface area (Å²) in [7, 11) is 3.33. The number of hydrogen-bond acceptors (Lipinski definition) is 3. The smallest absolute Gasteiger partial charge is 0.163 e. The van der Waals surface area contributed by atoms with Crippen molar-refractivity contribution >= 4 is 0 Å². The van der Waals surface area contributed by atoms with Gasteiger partial charge in [-0.3, -0.25) is 0 Å². The average Bonchev–Trinajstić information content (AvgIpc) is 2.34. The zero-order valence-corrected chi connectivity index (χ0v) is 10.3. The maximum Gasteiger partial charge on any atom is 0.163 e. The van der Waals surface area contributed by atoms with Crippen molar-refractivity contribution in [3.63, 3.8) is 0 Å². The van der Waals surface area contributed by atoms with Gasteiger partial charge >= 0.3 is 0 Å². The lowest BCUT2D eigenvalue weighted by Gasteiger charge is -2.12. The monoisotopic (exact) mass is 224 g/mol. The summed E-state index contributed by atoms with van der Waals surface area (Å²) in [4.78, 5) is 0. The second-order valence-electron chi connectivity index (χ2n) is 3.45. The number of hydrogen-bond donors (Lipinski definition) is 0. The van der Waals surface area contributed by atoms with Gasteiger partial charge in [0.05, 0.1) is 14.2 Å². The molecule has 1 aromatic carbocycles. The van der Waals surface area contributed by atoms with E-state index in [-0.39, 0.29) is 0 Å². The third kappa shape index (κ3) is 3.42. The highest BCUT2D eigenvalue weighted by Crippen LogP contribution is 2.31. The highest BCUT2D eigenvalue weighted by atomic mass is 16.5. The Balaban J connectivity index is 2.63. The third-order valence-corrected chi connectivity index (χ3v) is 2.42. The molecular formula is C13H20O3. The van der Waals surface area contributed by atoms with Gasteiger partial charge in [0.1, 0.15) is 0 Å². The van der Waals surface area contributed by atoms with E-state index in [0.29, 0.717) is 0 Å². The zero-order chi connectivity index (χ0) is 11.8. The number of aryl methyl sites for hydroxylation is 1. The maximum atomic E-state index is 5.36. The van der Waals surface area contributed by atoms with E-state index in [1.165, 1.54) is 5.56 Å². The molecule has 0 aromatic heterocycles. The molecule has 0 aliphatic carbocycles. The fourth-order valence-electron chi connectivity index (χ4n) is 1.66.